The van der Waals surface area contributed by atoms with E-state index in [0.717, 1.165) is 0 Å². The van der Waals surface area contributed by atoms with Crippen LogP contribution in [0.5, 0.6) is 17.2 Å². The lowest BCUT2D eigenvalue weighted by molar-refractivity contribution is -0.139. The molecule has 0 fully saturated rings. The van der Waals surface area contributed by atoms with Crippen LogP contribution in [0.3, 0.4) is 0 Å². The number of carbonyl (C=O) groups excluding carboxylic acids is 2. The fourth-order valence-corrected chi connectivity index (χ4v) is 5.16. The summed E-state index contributed by atoms with van der Waals surface area (Å²) in [5, 5.41) is 0. The van der Waals surface area contributed by atoms with Crippen LogP contribution in [0, 0.1) is 0 Å². The van der Waals surface area contributed by atoms with E-state index >= 15 is 0 Å². The second-order valence-electron chi connectivity index (χ2n) is 8.05. The molecule has 2 aromatic carbocycles. The van der Waals surface area contributed by atoms with Crippen LogP contribution in [0.15, 0.2) is 63.5 Å². The molecule has 9 nitrogen and oxygen atoms in total. The van der Waals surface area contributed by atoms with Gasteiger partial charge in [-0.1, -0.05) is 35.6 Å². The van der Waals surface area contributed by atoms with Crippen molar-refractivity contribution in [2.45, 2.75) is 26.8 Å². The summed E-state index contributed by atoms with van der Waals surface area (Å²) in [5.41, 5.74) is 1.55. The number of aromatic nitrogens is 1. The van der Waals surface area contributed by atoms with E-state index in [4.69, 9.17) is 18.9 Å². The molecule has 0 saturated carbocycles. The smallest absolute Gasteiger partial charge is 0.338 e. The number of carbonyl (C=O) groups is 2. The van der Waals surface area contributed by atoms with Crippen LogP contribution in [0.2, 0.25) is 0 Å². The van der Waals surface area contributed by atoms with Crippen LogP contribution in [0.25, 0.3) is 6.08 Å². The Hall–Kier alpha value is -4.18. The van der Waals surface area contributed by atoms with Crippen molar-refractivity contribution in [2.24, 2.45) is 4.99 Å². The molecule has 1 atom stereocenters. The second kappa shape index (κ2) is 10.8. The zero-order valence-electron chi connectivity index (χ0n) is 21.1. The van der Waals surface area contributed by atoms with Gasteiger partial charge in [-0.3, -0.25) is 14.2 Å². The SMILES string of the molecule is CCOC(=O)C1=C(C)N=c2s/c(=C\c3ccccc3OC(C)=O)c(=O)n2C1c1ccc(OC)c(OC)c1. The summed E-state index contributed by atoms with van der Waals surface area (Å²) in [7, 11) is 3.05. The molecule has 1 aromatic heterocycles. The minimum absolute atomic E-state index is 0.172. The molecule has 1 aliphatic heterocycles. The van der Waals surface area contributed by atoms with Gasteiger partial charge >= 0.3 is 11.9 Å². The van der Waals surface area contributed by atoms with Gasteiger partial charge in [0, 0.05) is 12.5 Å². The highest BCUT2D eigenvalue weighted by Crippen LogP contribution is 2.36. The van der Waals surface area contributed by atoms with Crippen molar-refractivity contribution in [3.63, 3.8) is 0 Å². The summed E-state index contributed by atoms with van der Waals surface area (Å²) in [6, 6.07) is 11.3. The van der Waals surface area contributed by atoms with E-state index in [1.165, 1.54) is 37.0 Å². The molecular formula is C27H26N2O7S. The number of methoxy groups -OCH3 is 2. The highest BCUT2D eigenvalue weighted by atomic mass is 32.1. The molecule has 1 unspecified atom stereocenters. The number of nitrogens with zero attached hydrogens (tertiary/aromatic N) is 2. The molecule has 3 aromatic rings. The number of benzene rings is 2. The third kappa shape index (κ3) is 5.05. The number of para-hydroxylation sites is 1. The molecular weight excluding hydrogens is 496 g/mol. The number of hydrogen-bond donors (Lipinski definition) is 0. The zero-order valence-corrected chi connectivity index (χ0v) is 21.9. The van der Waals surface area contributed by atoms with Crippen molar-refractivity contribution >= 4 is 29.4 Å². The lowest BCUT2D eigenvalue weighted by Gasteiger charge is -2.25. The van der Waals surface area contributed by atoms with E-state index in [1.54, 1.807) is 62.4 Å². The molecule has 192 valence electrons. The molecule has 10 heteroatoms. The fraction of sp³-hybridized carbons (Fsp3) is 0.259. The van der Waals surface area contributed by atoms with Gasteiger partial charge in [0.15, 0.2) is 16.3 Å². The molecule has 2 heterocycles. The van der Waals surface area contributed by atoms with Gasteiger partial charge in [0.1, 0.15) is 5.75 Å². The van der Waals surface area contributed by atoms with Crippen LogP contribution in [0.1, 0.15) is 37.9 Å². The summed E-state index contributed by atoms with van der Waals surface area (Å²) in [4.78, 5) is 43.4. The number of allylic oxidation sites excluding steroid dienone is 1. The average Bonchev–Trinajstić information content (AvgIpc) is 3.17. The van der Waals surface area contributed by atoms with Gasteiger partial charge in [0.05, 0.1) is 42.7 Å². The van der Waals surface area contributed by atoms with E-state index in [2.05, 4.69) is 4.99 Å². The topological polar surface area (TPSA) is 105 Å². The third-order valence-electron chi connectivity index (χ3n) is 5.70. The van der Waals surface area contributed by atoms with E-state index in [9.17, 15) is 14.4 Å². The van der Waals surface area contributed by atoms with Crippen LogP contribution in [-0.4, -0.2) is 37.3 Å². The predicted octanol–water partition coefficient (Wildman–Crippen LogP) is 2.74. The van der Waals surface area contributed by atoms with Gasteiger partial charge in [-0.15, -0.1) is 0 Å². The summed E-state index contributed by atoms with van der Waals surface area (Å²) >= 11 is 1.18. The first-order valence-electron chi connectivity index (χ1n) is 11.5. The summed E-state index contributed by atoms with van der Waals surface area (Å²) < 4.78 is 23.3. The van der Waals surface area contributed by atoms with Crippen LogP contribution >= 0.6 is 11.3 Å². The summed E-state index contributed by atoms with van der Waals surface area (Å²) in [6.07, 6.45) is 1.65. The molecule has 0 radical (unpaired) electrons. The van der Waals surface area contributed by atoms with Crippen molar-refractivity contribution in [1.82, 2.24) is 4.57 Å². The second-order valence-corrected chi connectivity index (χ2v) is 9.06. The van der Waals surface area contributed by atoms with Gasteiger partial charge in [0.2, 0.25) is 0 Å². The Morgan fingerprint density at radius 2 is 1.81 bits per heavy atom. The van der Waals surface area contributed by atoms with Gasteiger partial charge in [0.25, 0.3) is 5.56 Å². The van der Waals surface area contributed by atoms with Gasteiger partial charge in [-0.25, -0.2) is 9.79 Å². The van der Waals surface area contributed by atoms with Crippen molar-refractivity contribution in [2.75, 3.05) is 20.8 Å². The Balaban J connectivity index is 1.96. The Bertz CT molecular complexity index is 1580. The third-order valence-corrected chi connectivity index (χ3v) is 6.68. The van der Waals surface area contributed by atoms with Gasteiger partial charge < -0.3 is 18.9 Å². The maximum atomic E-state index is 13.8. The van der Waals surface area contributed by atoms with E-state index in [-0.39, 0.29) is 17.7 Å². The first-order valence-corrected chi connectivity index (χ1v) is 12.3. The minimum atomic E-state index is -0.805. The van der Waals surface area contributed by atoms with E-state index < -0.39 is 18.0 Å². The Morgan fingerprint density at radius 1 is 1.08 bits per heavy atom. The number of hydrogen-bond acceptors (Lipinski definition) is 9. The number of thiazole rings is 1. The van der Waals surface area contributed by atoms with Crippen LogP contribution in [-0.2, 0) is 14.3 Å². The fourth-order valence-electron chi connectivity index (χ4n) is 4.12. The van der Waals surface area contributed by atoms with Crippen molar-refractivity contribution < 1.29 is 28.5 Å². The zero-order chi connectivity index (χ0) is 26.7. The number of esters is 2. The molecule has 1 aliphatic rings. The highest BCUT2D eigenvalue weighted by Gasteiger charge is 2.34. The molecule has 0 spiro atoms. The average molecular weight is 523 g/mol. The lowest BCUT2D eigenvalue weighted by atomic mass is 9.95. The number of fused-ring (bicyclic) bond motifs is 1. The van der Waals surface area contributed by atoms with Gasteiger partial charge in [-0.05, 0) is 43.7 Å². The molecule has 37 heavy (non-hydrogen) atoms. The Morgan fingerprint density at radius 3 is 2.49 bits per heavy atom. The maximum absolute atomic E-state index is 13.8. The van der Waals surface area contributed by atoms with Crippen LogP contribution in [0.4, 0.5) is 0 Å². The summed E-state index contributed by atoms with van der Waals surface area (Å²) in [5.74, 6) is 0.276. The van der Waals surface area contributed by atoms with E-state index in [1.807, 2.05) is 0 Å². The first kappa shape index (κ1) is 25.9. The molecule has 0 amide bonds. The van der Waals surface area contributed by atoms with Crippen molar-refractivity contribution in [3.05, 3.63) is 84.5 Å². The van der Waals surface area contributed by atoms with Gasteiger partial charge in [-0.2, -0.15) is 0 Å². The molecule has 0 bridgehead atoms. The van der Waals surface area contributed by atoms with Crippen LogP contribution < -0.4 is 29.1 Å². The molecule has 0 N–H and O–H groups in total. The first-order chi connectivity index (χ1) is 17.8. The Kier molecular flexibility index (Phi) is 7.58. The molecule has 0 saturated heterocycles. The van der Waals surface area contributed by atoms with Crippen molar-refractivity contribution in [3.8, 4) is 17.2 Å². The minimum Gasteiger partial charge on any atom is -0.493 e. The Labute approximate surface area is 216 Å². The quantitative estimate of drug-likeness (QED) is 0.347. The number of ether oxygens (including phenoxy) is 4. The van der Waals surface area contributed by atoms with Crippen molar-refractivity contribution in [1.29, 1.82) is 0 Å². The summed E-state index contributed by atoms with van der Waals surface area (Å²) in [6.45, 7) is 4.92. The normalized spacial score (nSPS) is 15.1. The maximum Gasteiger partial charge on any atom is 0.338 e. The highest BCUT2D eigenvalue weighted by molar-refractivity contribution is 7.07. The monoisotopic (exact) mass is 522 g/mol. The number of rotatable bonds is 7. The molecule has 0 aliphatic carbocycles. The van der Waals surface area contributed by atoms with E-state index in [0.29, 0.717) is 43.4 Å². The standard InChI is InChI=1S/C27H26N2O7S/c1-6-35-26(32)23-15(2)28-27-29(24(23)18-11-12-20(33-4)21(13-18)34-5)25(31)22(37-27)14-17-9-7-8-10-19(17)36-16(3)30/h7-14,24H,6H2,1-5H3/b22-14-. The lowest BCUT2D eigenvalue weighted by Crippen LogP contribution is -2.40. The predicted molar refractivity (Wildman–Crippen MR) is 138 cm³/mol. The largest absolute Gasteiger partial charge is 0.493 e. The molecule has 4 rings (SSSR count).